The molecular formula is C21H18N4O3S. The van der Waals surface area contributed by atoms with Gasteiger partial charge < -0.3 is 4.52 Å². The first-order valence-corrected chi connectivity index (χ1v) is 9.99. The lowest BCUT2D eigenvalue weighted by Gasteiger charge is -2.04. The first kappa shape index (κ1) is 18.8. The summed E-state index contributed by atoms with van der Waals surface area (Å²) in [6, 6.07) is 15.4. The zero-order valence-corrected chi connectivity index (χ0v) is 16.5. The van der Waals surface area contributed by atoms with Gasteiger partial charge in [0.05, 0.1) is 6.42 Å². The van der Waals surface area contributed by atoms with Crippen molar-refractivity contribution in [1.29, 1.82) is 0 Å². The number of aryl methyl sites for hydroxylation is 1. The molecule has 146 valence electrons. The fraction of sp³-hybridized carbons (Fsp3) is 0.143. The average molecular weight is 406 g/mol. The SMILES string of the molecule is CCc1ccc(-c2nc(C(=O)NNC(=O)Cc3noc4ccccc34)cs2)cc1. The molecule has 2 amide bonds. The highest BCUT2D eigenvalue weighted by Crippen LogP contribution is 2.24. The van der Waals surface area contributed by atoms with E-state index in [0.29, 0.717) is 11.3 Å². The number of para-hydroxylation sites is 1. The molecule has 7 nitrogen and oxygen atoms in total. The molecular weight excluding hydrogens is 388 g/mol. The number of carbonyl (C=O) groups is 2. The second-order valence-corrected chi connectivity index (χ2v) is 7.25. The molecule has 29 heavy (non-hydrogen) atoms. The van der Waals surface area contributed by atoms with Crippen molar-refractivity contribution in [2.75, 3.05) is 0 Å². The molecule has 4 rings (SSSR count). The first-order valence-electron chi connectivity index (χ1n) is 9.11. The van der Waals surface area contributed by atoms with Crippen molar-refractivity contribution in [2.24, 2.45) is 0 Å². The maximum absolute atomic E-state index is 12.3. The van der Waals surface area contributed by atoms with E-state index in [1.54, 1.807) is 11.4 Å². The van der Waals surface area contributed by atoms with Crippen molar-refractivity contribution in [3.8, 4) is 10.6 Å². The molecule has 0 bridgehead atoms. The molecule has 2 N–H and O–H groups in total. The fourth-order valence-electron chi connectivity index (χ4n) is 2.85. The quantitative estimate of drug-likeness (QED) is 0.494. The summed E-state index contributed by atoms with van der Waals surface area (Å²) < 4.78 is 5.18. The highest BCUT2D eigenvalue weighted by atomic mass is 32.1. The highest BCUT2D eigenvalue weighted by Gasteiger charge is 2.15. The first-order chi connectivity index (χ1) is 14.1. The molecule has 0 fully saturated rings. The Morgan fingerprint density at radius 3 is 2.66 bits per heavy atom. The van der Waals surface area contributed by atoms with Gasteiger partial charge in [-0.25, -0.2) is 4.98 Å². The summed E-state index contributed by atoms with van der Waals surface area (Å²) in [5.41, 5.74) is 8.35. The molecule has 2 aromatic heterocycles. The molecule has 2 heterocycles. The molecule has 0 unspecified atom stereocenters. The predicted octanol–water partition coefficient (Wildman–Crippen LogP) is 3.52. The van der Waals surface area contributed by atoms with Gasteiger partial charge in [-0.3, -0.25) is 20.4 Å². The van der Waals surface area contributed by atoms with Crippen LogP contribution in [-0.2, 0) is 17.6 Å². The number of amides is 2. The van der Waals surface area contributed by atoms with Gasteiger partial charge in [0, 0.05) is 16.3 Å². The molecule has 0 saturated carbocycles. The van der Waals surface area contributed by atoms with Crippen LogP contribution in [0.2, 0.25) is 0 Å². The maximum atomic E-state index is 12.3. The van der Waals surface area contributed by atoms with E-state index in [1.165, 1.54) is 16.9 Å². The van der Waals surface area contributed by atoms with Gasteiger partial charge >= 0.3 is 0 Å². The second kappa shape index (κ2) is 8.24. The Morgan fingerprint density at radius 2 is 1.86 bits per heavy atom. The van der Waals surface area contributed by atoms with E-state index in [1.807, 2.05) is 42.5 Å². The van der Waals surface area contributed by atoms with Gasteiger partial charge in [0.25, 0.3) is 5.91 Å². The second-order valence-electron chi connectivity index (χ2n) is 6.39. The van der Waals surface area contributed by atoms with Crippen LogP contribution < -0.4 is 10.9 Å². The van der Waals surface area contributed by atoms with Crippen LogP contribution in [0.25, 0.3) is 21.5 Å². The largest absolute Gasteiger partial charge is 0.356 e. The minimum Gasteiger partial charge on any atom is -0.356 e. The van der Waals surface area contributed by atoms with Crippen molar-refractivity contribution in [3.05, 3.63) is 70.9 Å². The normalized spacial score (nSPS) is 10.8. The van der Waals surface area contributed by atoms with Gasteiger partial charge in [-0.1, -0.05) is 48.5 Å². The number of aromatic nitrogens is 2. The van der Waals surface area contributed by atoms with E-state index in [0.717, 1.165) is 22.4 Å². The number of benzene rings is 2. The molecule has 8 heteroatoms. The maximum Gasteiger partial charge on any atom is 0.289 e. The van der Waals surface area contributed by atoms with Crippen LogP contribution in [0, 0.1) is 0 Å². The Morgan fingerprint density at radius 1 is 1.07 bits per heavy atom. The highest BCUT2D eigenvalue weighted by molar-refractivity contribution is 7.13. The number of nitrogens with zero attached hydrogens (tertiary/aromatic N) is 2. The van der Waals surface area contributed by atoms with E-state index >= 15 is 0 Å². The smallest absolute Gasteiger partial charge is 0.289 e. The molecule has 0 atom stereocenters. The summed E-state index contributed by atoms with van der Waals surface area (Å²) in [5.74, 6) is -0.876. The van der Waals surface area contributed by atoms with E-state index < -0.39 is 11.8 Å². The Hall–Kier alpha value is -3.52. The number of fused-ring (bicyclic) bond motifs is 1. The van der Waals surface area contributed by atoms with Crippen LogP contribution in [0.3, 0.4) is 0 Å². The van der Waals surface area contributed by atoms with Crippen molar-refractivity contribution >= 4 is 34.1 Å². The monoisotopic (exact) mass is 406 g/mol. The summed E-state index contributed by atoms with van der Waals surface area (Å²) in [7, 11) is 0. The van der Waals surface area contributed by atoms with E-state index in [9.17, 15) is 9.59 Å². The lowest BCUT2D eigenvalue weighted by Crippen LogP contribution is -2.42. The molecule has 0 aliphatic rings. The van der Waals surface area contributed by atoms with Crippen LogP contribution in [0.5, 0.6) is 0 Å². The standard InChI is InChI=1S/C21H18N4O3S/c1-2-13-7-9-14(10-8-13)21-22-17(12-29-21)20(27)24-23-19(26)11-16-15-5-3-4-6-18(15)28-25-16/h3-10,12H,2,11H2,1H3,(H,23,26)(H,24,27). The Balaban J connectivity index is 1.35. The average Bonchev–Trinajstić information content (AvgIpc) is 3.40. The number of carbonyl (C=O) groups excluding carboxylic acids is 2. The van der Waals surface area contributed by atoms with Gasteiger partial charge in [0.15, 0.2) is 5.58 Å². The van der Waals surface area contributed by atoms with Gasteiger partial charge in [-0.05, 0) is 24.1 Å². The van der Waals surface area contributed by atoms with E-state index in [4.69, 9.17) is 4.52 Å². The number of rotatable bonds is 5. The zero-order chi connectivity index (χ0) is 20.2. The van der Waals surface area contributed by atoms with Gasteiger partial charge in [0.1, 0.15) is 16.4 Å². The molecule has 2 aromatic carbocycles. The Kier molecular flexibility index (Phi) is 5.35. The van der Waals surface area contributed by atoms with Gasteiger partial charge in [-0.15, -0.1) is 11.3 Å². The van der Waals surface area contributed by atoms with E-state index in [2.05, 4.69) is 27.9 Å². The minimum atomic E-state index is -0.476. The fourth-order valence-corrected chi connectivity index (χ4v) is 3.65. The van der Waals surface area contributed by atoms with E-state index in [-0.39, 0.29) is 12.1 Å². The third kappa shape index (κ3) is 4.17. The van der Waals surface area contributed by atoms with Crippen LogP contribution in [0.15, 0.2) is 58.4 Å². The minimum absolute atomic E-state index is 0.0105. The third-order valence-corrected chi connectivity index (χ3v) is 5.33. The van der Waals surface area contributed by atoms with Crippen molar-refractivity contribution in [2.45, 2.75) is 19.8 Å². The van der Waals surface area contributed by atoms with Crippen LogP contribution in [-0.4, -0.2) is 22.0 Å². The molecule has 0 spiro atoms. The lowest BCUT2D eigenvalue weighted by molar-refractivity contribution is -0.121. The number of nitrogens with one attached hydrogen (secondary N) is 2. The van der Waals surface area contributed by atoms with Gasteiger partial charge in [-0.2, -0.15) is 0 Å². The molecule has 0 aliphatic heterocycles. The molecule has 0 aliphatic carbocycles. The number of hydrogen-bond acceptors (Lipinski definition) is 6. The van der Waals surface area contributed by atoms with Crippen LogP contribution in [0.4, 0.5) is 0 Å². The molecule has 0 saturated heterocycles. The van der Waals surface area contributed by atoms with Crippen molar-refractivity contribution in [3.63, 3.8) is 0 Å². The topological polar surface area (TPSA) is 97.1 Å². The summed E-state index contributed by atoms with van der Waals surface area (Å²) in [4.78, 5) is 28.8. The summed E-state index contributed by atoms with van der Waals surface area (Å²) in [6.45, 7) is 2.10. The Bertz CT molecular complexity index is 1160. The van der Waals surface area contributed by atoms with Crippen LogP contribution >= 0.6 is 11.3 Å². The lowest BCUT2D eigenvalue weighted by atomic mass is 10.1. The number of thiazole rings is 1. The number of hydrazine groups is 1. The predicted molar refractivity (Wildman–Crippen MR) is 110 cm³/mol. The third-order valence-electron chi connectivity index (χ3n) is 4.44. The van der Waals surface area contributed by atoms with Crippen molar-refractivity contribution < 1.29 is 14.1 Å². The van der Waals surface area contributed by atoms with Crippen molar-refractivity contribution in [1.82, 2.24) is 21.0 Å². The number of hydrogen-bond donors (Lipinski definition) is 2. The molecule has 4 aromatic rings. The zero-order valence-electron chi connectivity index (χ0n) is 15.6. The Labute approximate surface area is 170 Å². The van der Waals surface area contributed by atoms with Gasteiger partial charge in [0.2, 0.25) is 5.91 Å². The summed E-state index contributed by atoms with van der Waals surface area (Å²) in [6.07, 6.45) is 0.957. The van der Waals surface area contributed by atoms with Crippen LogP contribution in [0.1, 0.15) is 28.7 Å². The summed E-state index contributed by atoms with van der Waals surface area (Å²) in [5, 5.41) is 7.09. The summed E-state index contributed by atoms with van der Waals surface area (Å²) >= 11 is 1.38. The molecule has 0 radical (unpaired) electrons.